The molecule has 10 nitrogen and oxygen atoms in total. The molecule has 2 aromatic heterocycles. The second-order valence-electron chi connectivity index (χ2n) is 9.08. The van der Waals surface area contributed by atoms with E-state index >= 15 is 0 Å². The number of amides is 2. The Balaban J connectivity index is 1.54. The number of carbonyl (C=O) groups is 2. The van der Waals surface area contributed by atoms with Gasteiger partial charge in [0.15, 0.2) is 15.0 Å². The van der Waals surface area contributed by atoms with Crippen LogP contribution in [0.4, 0.5) is 5.13 Å². The molecule has 0 spiro atoms. The fourth-order valence-corrected chi connectivity index (χ4v) is 5.19. The van der Waals surface area contributed by atoms with Gasteiger partial charge in [0.1, 0.15) is 11.5 Å². The number of sulfone groups is 1. The summed E-state index contributed by atoms with van der Waals surface area (Å²) in [5.74, 6) is 0.175. The highest BCUT2D eigenvalue weighted by molar-refractivity contribution is 7.90. The predicted molar refractivity (Wildman–Crippen MR) is 157 cm³/mol. The van der Waals surface area contributed by atoms with Crippen molar-refractivity contribution < 1.29 is 27.5 Å². The van der Waals surface area contributed by atoms with E-state index in [9.17, 15) is 18.0 Å². The summed E-state index contributed by atoms with van der Waals surface area (Å²) < 4.78 is 34.8. The molecule has 0 aliphatic carbocycles. The highest BCUT2D eigenvalue weighted by atomic mass is 32.2. The second-order valence-corrected chi connectivity index (χ2v) is 12.0. The number of aromatic nitrogens is 2. The van der Waals surface area contributed by atoms with Crippen LogP contribution in [0.25, 0.3) is 11.3 Å². The van der Waals surface area contributed by atoms with Crippen molar-refractivity contribution in [2.24, 2.45) is 0 Å². The summed E-state index contributed by atoms with van der Waals surface area (Å²) in [5.41, 5.74) is 3.12. The first-order valence-electron chi connectivity index (χ1n) is 12.8. The molecule has 0 radical (unpaired) electrons. The average molecular weight is 595 g/mol. The van der Waals surface area contributed by atoms with Crippen molar-refractivity contribution in [1.29, 1.82) is 0 Å². The minimum absolute atomic E-state index is 0.0864. The third-order valence-electron chi connectivity index (χ3n) is 5.83. The van der Waals surface area contributed by atoms with Crippen LogP contribution >= 0.6 is 11.3 Å². The number of thiazole rings is 1. The summed E-state index contributed by atoms with van der Waals surface area (Å²) in [5, 5.41) is 7.64. The molecule has 2 N–H and O–H groups in total. The van der Waals surface area contributed by atoms with Gasteiger partial charge in [0.25, 0.3) is 5.91 Å². The van der Waals surface area contributed by atoms with Crippen LogP contribution in [0.5, 0.6) is 11.5 Å². The topological polar surface area (TPSA) is 137 Å². The van der Waals surface area contributed by atoms with E-state index in [1.54, 1.807) is 41.9 Å². The van der Waals surface area contributed by atoms with Gasteiger partial charge >= 0.3 is 0 Å². The van der Waals surface area contributed by atoms with Crippen molar-refractivity contribution in [2.75, 3.05) is 31.3 Å². The van der Waals surface area contributed by atoms with Gasteiger partial charge in [0.2, 0.25) is 5.91 Å². The quantitative estimate of drug-likeness (QED) is 0.226. The smallest absolute Gasteiger partial charge is 0.257 e. The lowest BCUT2D eigenvalue weighted by Crippen LogP contribution is -2.28. The molecule has 0 saturated carbocycles. The maximum absolute atomic E-state index is 13.3. The van der Waals surface area contributed by atoms with Gasteiger partial charge in [-0.2, -0.15) is 0 Å². The van der Waals surface area contributed by atoms with Crippen LogP contribution in [-0.2, 0) is 25.8 Å². The number of hydrogen-bond donors (Lipinski definition) is 2. The number of carbonyl (C=O) groups excluding carboxylic acids is 2. The van der Waals surface area contributed by atoms with Crippen LogP contribution in [0.2, 0.25) is 0 Å². The van der Waals surface area contributed by atoms with E-state index in [2.05, 4.69) is 20.6 Å². The van der Waals surface area contributed by atoms with Gasteiger partial charge in [-0.25, -0.2) is 13.4 Å². The van der Waals surface area contributed by atoms with E-state index in [1.165, 1.54) is 23.5 Å². The normalized spacial score (nSPS) is 11.2. The van der Waals surface area contributed by atoms with Gasteiger partial charge in [-0.1, -0.05) is 6.07 Å². The number of nitrogens with one attached hydrogen (secondary N) is 2. The zero-order chi connectivity index (χ0) is 29.4. The first-order valence-corrected chi connectivity index (χ1v) is 15.5. The molecule has 2 amide bonds. The Labute approximate surface area is 242 Å². The minimum Gasteiger partial charge on any atom is -0.457 e. The Kier molecular flexibility index (Phi) is 9.82. The summed E-state index contributed by atoms with van der Waals surface area (Å²) in [7, 11) is -3.35. The highest BCUT2D eigenvalue weighted by Crippen LogP contribution is 2.31. The number of anilines is 1. The summed E-state index contributed by atoms with van der Waals surface area (Å²) in [6.07, 6.45) is 2.89. The highest BCUT2D eigenvalue weighted by Gasteiger charge is 2.16. The van der Waals surface area contributed by atoms with Crippen LogP contribution in [0.3, 0.4) is 0 Å². The molecule has 0 unspecified atom stereocenters. The van der Waals surface area contributed by atoms with Crippen molar-refractivity contribution >= 4 is 38.1 Å². The number of benzene rings is 2. The maximum atomic E-state index is 13.3. The van der Waals surface area contributed by atoms with Gasteiger partial charge in [-0.3, -0.25) is 19.9 Å². The van der Waals surface area contributed by atoms with Gasteiger partial charge < -0.3 is 14.8 Å². The summed E-state index contributed by atoms with van der Waals surface area (Å²) in [6.45, 7) is 5.25. The Morgan fingerprint density at radius 2 is 1.83 bits per heavy atom. The fourth-order valence-electron chi connectivity index (χ4n) is 3.85. The monoisotopic (exact) mass is 594 g/mol. The molecule has 4 rings (SSSR count). The Bertz CT molecular complexity index is 1640. The van der Waals surface area contributed by atoms with Crippen LogP contribution in [-0.4, -0.2) is 56.2 Å². The Morgan fingerprint density at radius 1 is 1.05 bits per heavy atom. The van der Waals surface area contributed by atoms with Crippen LogP contribution in [0.15, 0.2) is 71.1 Å². The van der Waals surface area contributed by atoms with Gasteiger partial charge in [-0.15, -0.1) is 11.3 Å². The molecule has 41 heavy (non-hydrogen) atoms. The molecule has 4 aromatic rings. The van der Waals surface area contributed by atoms with Crippen molar-refractivity contribution in [3.05, 3.63) is 83.0 Å². The van der Waals surface area contributed by atoms with E-state index in [1.807, 2.05) is 26.0 Å². The van der Waals surface area contributed by atoms with E-state index in [-0.39, 0.29) is 17.2 Å². The van der Waals surface area contributed by atoms with E-state index in [4.69, 9.17) is 9.47 Å². The number of hydrogen-bond acceptors (Lipinski definition) is 9. The number of ether oxygens (including phenoxy) is 2. The molecule has 0 fully saturated rings. The molecular formula is C29H30N4O6S2. The van der Waals surface area contributed by atoms with E-state index in [0.29, 0.717) is 58.9 Å². The number of pyridine rings is 1. The number of aryl methyl sites for hydroxylation is 1. The lowest BCUT2D eigenvalue weighted by molar-refractivity contribution is -0.120. The second kappa shape index (κ2) is 13.5. The third kappa shape index (κ3) is 8.43. The van der Waals surface area contributed by atoms with Gasteiger partial charge in [0.05, 0.1) is 29.3 Å². The number of nitrogens with zero attached hydrogens (tertiary/aromatic N) is 2. The van der Waals surface area contributed by atoms with E-state index in [0.717, 1.165) is 11.8 Å². The Morgan fingerprint density at radius 3 is 2.54 bits per heavy atom. The summed E-state index contributed by atoms with van der Waals surface area (Å²) in [4.78, 5) is 34.5. The SMILES string of the molecule is CCOCCNC(=O)Cc1csc(NC(=O)c2cc(Oc3ccc(S(C)(=O)=O)cc3)cc(-c3ncccc3C)c2)n1. The van der Waals surface area contributed by atoms with Crippen LogP contribution in [0, 0.1) is 6.92 Å². The molecule has 12 heteroatoms. The largest absolute Gasteiger partial charge is 0.457 e. The molecule has 0 atom stereocenters. The van der Waals surface area contributed by atoms with Crippen molar-refractivity contribution in [3.8, 4) is 22.8 Å². The molecule has 0 saturated heterocycles. The minimum atomic E-state index is -3.35. The molecule has 2 heterocycles. The zero-order valence-electron chi connectivity index (χ0n) is 22.8. The van der Waals surface area contributed by atoms with Crippen LogP contribution in [0.1, 0.15) is 28.5 Å². The first-order chi connectivity index (χ1) is 19.6. The molecular weight excluding hydrogens is 564 g/mol. The number of rotatable bonds is 12. The van der Waals surface area contributed by atoms with Crippen molar-refractivity contribution in [2.45, 2.75) is 25.2 Å². The first kappa shape index (κ1) is 29.8. The summed E-state index contributed by atoms with van der Waals surface area (Å²) >= 11 is 1.22. The standard InChI is InChI=1S/C29H30N4O6S2/c1-4-38-13-12-30-26(34)17-22-18-40-29(32-22)33-28(35)21-14-20(27-19(2)6-5-11-31-27)15-24(16-21)39-23-7-9-25(10-8-23)41(3,36)37/h5-11,14-16,18H,4,12-13,17H2,1-3H3,(H,30,34)(H,32,33,35). The van der Waals surface area contributed by atoms with Crippen molar-refractivity contribution in [3.63, 3.8) is 0 Å². The lowest BCUT2D eigenvalue weighted by atomic mass is 10.0. The molecule has 214 valence electrons. The zero-order valence-corrected chi connectivity index (χ0v) is 24.5. The van der Waals surface area contributed by atoms with Gasteiger partial charge in [-0.05, 0) is 67.9 Å². The lowest BCUT2D eigenvalue weighted by Gasteiger charge is -2.12. The van der Waals surface area contributed by atoms with Gasteiger partial charge in [0, 0.05) is 42.1 Å². The average Bonchev–Trinajstić information content (AvgIpc) is 3.37. The molecule has 2 aromatic carbocycles. The molecule has 0 bridgehead atoms. The predicted octanol–water partition coefficient (Wildman–Crippen LogP) is 4.66. The third-order valence-corrected chi connectivity index (χ3v) is 7.76. The molecule has 0 aliphatic heterocycles. The Hall–Kier alpha value is -4.13. The maximum Gasteiger partial charge on any atom is 0.257 e. The fraction of sp³-hybridized carbons (Fsp3) is 0.241. The molecule has 0 aliphatic rings. The van der Waals surface area contributed by atoms with Crippen LogP contribution < -0.4 is 15.4 Å². The summed E-state index contributed by atoms with van der Waals surface area (Å²) in [6, 6.07) is 14.8. The van der Waals surface area contributed by atoms with Crippen molar-refractivity contribution in [1.82, 2.24) is 15.3 Å². The van der Waals surface area contributed by atoms with E-state index < -0.39 is 15.7 Å².